The second kappa shape index (κ2) is 36.4. The number of carbonyl (C=O) groups is 5. The molecule has 4 aliphatic heterocycles. The van der Waals surface area contributed by atoms with Crippen molar-refractivity contribution in [3.8, 4) is 22.3 Å². The van der Waals surface area contributed by atoms with E-state index in [2.05, 4.69) is 95.6 Å². The van der Waals surface area contributed by atoms with Crippen molar-refractivity contribution in [2.45, 2.75) is 137 Å². The molecule has 0 spiro atoms. The number of amides is 4. The van der Waals surface area contributed by atoms with Crippen molar-refractivity contribution in [2.75, 3.05) is 89.7 Å². The highest BCUT2D eigenvalue weighted by Crippen LogP contribution is 2.34. The molecule has 0 saturated carbocycles. The number of aryl methyl sites for hydroxylation is 4. The first-order valence-electron chi connectivity index (χ1n) is 34.4. The van der Waals surface area contributed by atoms with Gasteiger partial charge in [-0.25, -0.2) is 19.3 Å². The van der Waals surface area contributed by atoms with Gasteiger partial charge in [0, 0.05) is 139 Å². The van der Waals surface area contributed by atoms with Gasteiger partial charge in [0.25, 0.3) is 0 Å². The van der Waals surface area contributed by atoms with E-state index in [0.717, 1.165) is 194 Å². The lowest BCUT2D eigenvalue weighted by Crippen LogP contribution is -2.35. The molecular weight excluding hydrogens is 1230 g/mol. The Morgan fingerprint density at radius 1 is 0.505 bits per heavy atom. The standard InChI is InChI=1S/C37H47N7O4.C33H38N6O4.C4H9NO/c1-3-33-31(36(41-30-11-15-47-16-12-30)32-24-40-44(4-2)37(32)42-33)23-39-35(46)21-34(45)38-22-26-7-5-9-28(19-26)29-10-6-8-27(20-29)25-43-13-17-48-18-14-43;1-3-29-27(32(37-26-11-13-43-14-12-26)28-20-36-39(4-2)33(28)38-29)19-35-31(42)17-30(41)34-18-22-7-5-9-24(15-22)25-10-6-8-23(16-25)21-40;1-3-6-4-2-5-1/h5-10,19-20,24,30H,3-4,11-18,21-23,25H2,1-2H3,(H,38,45)(H,39,46)(H,41,42);5-10,15-16,20-21,26H,3-4,11-14,17-19H2,1-2H3,(H,34,41)(H,35,42)(H,37,38);5H,1-4H2. The van der Waals surface area contributed by atoms with E-state index in [-0.39, 0.29) is 68.2 Å². The summed E-state index contributed by atoms with van der Waals surface area (Å²) in [6.45, 7) is 21.8. The third kappa shape index (κ3) is 20.1. The molecule has 4 aliphatic rings. The number of carbonyl (C=O) groups excluding carboxylic acids is 5. The largest absolute Gasteiger partial charge is 0.381 e. The fourth-order valence-corrected chi connectivity index (χ4v) is 12.4. The predicted molar refractivity (Wildman–Crippen MR) is 376 cm³/mol. The van der Waals surface area contributed by atoms with Crippen LogP contribution >= 0.6 is 0 Å². The van der Waals surface area contributed by atoms with Crippen LogP contribution in [0.1, 0.15) is 116 Å². The van der Waals surface area contributed by atoms with Crippen molar-refractivity contribution in [1.29, 1.82) is 0 Å². The quantitative estimate of drug-likeness (QED) is 0.0209. The number of pyridine rings is 2. The summed E-state index contributed by atoms with van der Waals surface area (Å²) >= 11 is 0. The van der Waals surface area contributed by atoms with Gasteiger partial charge in [-0.2, -0.15) is 10.2 Å². The summed E-state index contributed by atoms with van der Waals surface area (Å²) < 4.78 is 25.4. The first kappa shape index (κ1) is 70.8. The summed E-state index contributed by atoms with van der Waals surface area (Å²) in [6.07, 6.45) is 8.97. The molecule has 0 unspecified atom stereocenters. The maximum absolute atomic E-state index is 13.0. The highest BCUT2D eigenvalue weighted by molar-refractivity contribution is 5.98. The number of ether oxygens (including phenoxy) is 4. The lowest BCUT2D eigenvalue weighted by Gasteiger charge is -2.26. The Morgan fingerprint density at radius 3 is 1.32 bits per heavy atom. The Kier molecular flexibility index (Phi) is 26.6. The van der Waals surface area contributed by atoms with E-state index in [9.17, 15) is 24.0 Å². The average Bonchev–Trinajstić information content (AvgIpc) is 1.70. The monoisotopic (exact) mass is 1320 g/mol. The summed E-state index contributed by atoms with van der Waals surface area (Å²) in [7, 11) is 0. The molecule has 0 aliphatic carbocycles. The second-order valence-electron chi connectivity index (χ2n) is 24.5. The van der Waals surface area contributed by atoms with E-state index in [1.54, 1.807) is 6.07 Å². The second-order valence-corrected chi connectivity index (χ2v) is 24.5. The van der Waals surface area contributed by atoms with Gasteiger partial charge in [-0.3, -0.25) is 28.9 Å². The summed E-state index contributed by atoms with van der Waals surface area (Å²) in [6, 6.07) is 32.4. The van der Waals surface area contributed by atoms with E-state index in [1.165, 1.54) is 5.56 Å². The smallest absolute Gasteiger partial charge is 0.229 e. The number of aldehydes is 1. The number of aromatic nitrogens is 6. The molecule has 4 fully saturated rings. The molecule has 4 saturated heterocycles. The molecule has 23 heteroatoms. The van der Waals surface area contributed by atoms with Crippen LogP contribution in [-0.4, -0.2) is 155 Å². The van der Waals surface area contributed by atoms with E-state index >= 15 is 0 Å². The van der Waals surface area contributed by atoms with E-state index < -0.39 is 0 Å². The number of rotatable bonds is 25. The molecule has 0 bridgehead atoms. The van der Waals surface area contributed by atoms with Crippen molar-refractivity contribution in [2.24, 2.45) is 0 Å². The third-order valence-electron chi connectivity index (χ3n) is 17.7. The fourth-order valence-electron chi connectivity index (χ4n) is 12.4. The van der Waals surface area contributed by atoms with Gasteiger partial charge in [-0.05, 0) is 116 Å². The fraction of sp³-hybridized carbons (Fsp3) is 0.446. The van der Waals surface area contributed by atoms with Gasteiger partial charge in [-0.1, -0.05) is 86.6 Å². The molecule has 7 N–H and O–H groups in total. The number of nitrogens with one attached hydrogen (secondary N) is 7. The van der Waals surface area contributed by atoms with Crippen LogP contribution in [0, 0.1) is 0 Å². The lowest BCUT2D eigenvalue weighted by atomic mass is 10.0. The van der Waals surface area contributed by atoms with E-state index in [0.29, 0.717) is 51.3 Å². The van der Waals surface area contributed by atoms with Crippen LogP contribution in [0.3, 0.4) is 0 Å². The molecule has 514 valence electrons. The van der Waals surface area contributed by atoms with Crippen molar-refractivity contribution < 1.29 is 42.9 Å². The van der Waals surface area contributed by atoms with Gasteiger partial charge < -0.3 is 56.2 Å². The number of hydrogen-bond donors (Lipinski definition) is 7. The summed E-state index contributed by atoms with van der Waals surface area (Å²) in [5, 5.41) is 33.3. The molecule has 12 rings (SSSR count). The van der Waals surface area contributed by atoms with Crippen LogP contribution < -0.4 is 37.2 Å². The zero-order valence-electron chi connectivity index (χ0n) is 56.5. The topological polar surface area (TPSA) is 271 Å². The third-order valence-corrected chi connectivity index (χ3v) is 17.7. The van der Waals surface area contributed by atoms with Crippen LogP contribution in [0.5, 0.6) is 0 Å². The maximum Gasteiger partial charge on any atom is 0.229 e. The Bertz CT molecular complexity index is 3910. The predicted octanol–water partition coefficient (Wildman–Crippen LogP) is 8.44. The molecule has 8 heterocycles. The Labute approximate surface area is 567 Å². The minimum Gasteiger partial charge on any atom is -0.381 e. The van der Waals surface area contributed by atoms with Gasteiger partial charge in [0.1, 0.15) is 19.1 Å². The average molecular weight is 1320 g/mol. The summed E-state index contributed by atoms with van der Waals surface area (Å²) in [5.74, 6) is -1.37. The summed E-state index contributed by atoms with van der Waals surface area (Å²) in [4.78, 5) is 74.8. The molecule has 0 radical (unpaired) electrons. The molecule has 4 aromatic carbocycles. The number of hydrogen-bond acceptors (Lipinski definition) is 17. The maximum atomic E-state index is 13.0. The molecule has 4 aromatic heterocycles. The van der Waals surface area contributed by atoms with E-state index in [1.807, 2.05) is 97.1 Å². The van der Waals surface area contributed by atoms with Crippen molar-refractivity contribution in [3.63, 3.8) is 0 Å². The number of anilines is 2. The van der Waals surface area contributed by atoms with Crippen LogP contribution in [0.2, 0.25) is 0 Å². The highest BCUT2D eigenvalue weighted by Gasteiger charge is 2.25. The Balaban J connectivity index is 0.000000194. The Morgan fingerprint density at radius 2 is 0.907 bits per heavy atom. The Hall–Kier alpha value is -8.97. The molecule has 0 atom stereocenters. The van der Waals surface area contributed by atoms with Crippen LogP contribution in [-0.2, 0) is 96.8 Å². The van der Waals surface area contributed by atoms with Gasteiger partial charge >= 0.3 is 0 Å². The number of fused-ring (bicyclic) bond motifs is 2. The van der Waals surface area contributed by atoms with Gasteiger partial charge in [-0.15, -0.1) is 0 Å². The van der Waals surface area contributed by atoms with Crippen molar-refractivity contribution >= 4 is 63.4 Å². The zero-order chi connectivity index (χ0) is 67.7. The van der Waals surface area contributed by atoms with Crippen molar-refractivity contribution in [1.82, 2.24) is 61.0 Å². The minimum absolute atomic E-state index is 0.252. The molecular formula is C74H94N14O9. The summed E-state index contributed by atoms with van der Waals surface area (Å²) in [5.41, 5.74) is 15.0. The van der Waals surface area contributed by atoms with Crippen LogP contribution in [0.15, 0.2) is 109 Å². The van der Waals surface area contributed by atoms with Gasteiger partial charge in [0.15, 0.2) is 11.3 Å². The minimum atomic E-state index is -0.361. The number of morpholine rings is 2. The molecule has 97 heavy (non-hydrogen) atoms. The molecule has 4 amide bonds. The molecule has 8 aromatic rings. The van der Waals surface area contributed by atoms with E-state index in [4.69, 9.17) is 28.9 Å². The highest BCUT2D eigenvalue weighted by atomic mass is 16.5. The molecule has 23 nitrogen and oxygen atoms in total. The van der Waals surface area contributed by atoms with Gasteiger partial charge in [0.2, 0.25) is 23.6 Å². The number of nitrogens with zero attached hydrogens (tertiary/aromatic N) is 7. The zero-order valence-corrected chi connectivity index (χ0v) is 56.5. The van der Waals surface area contributed by atoms with Crippen molar-refractivity contribution in [3.05, 3.63) is 154 Å². The lowest BCUT2D eigenvalue weighted by molar-refractivity contribution is -0.131. The van der Waals surface area contributed by atoms with Gasteiger partial charge in [0.05, 0.1) is 61.0 Å². The first-order chi connectivity index (χ1) is 47.5. The number of benzene rings is 4. The van der Waals surface area contributed by atoms with Crippen LogP contribution in [0.25, 0.3) is 44.3 Å². The normalized spacial score (nSPS) is 15.3. The SMILES string of the molecule is C1COCCN1.CCc1nc2c(cnn2CC)c(NC2CCOCC2)c1CNC(=O)CC(=O)NCc1cccc(-c2cccc(C=O)c2)c1.CCc1nc2c(cnn2CC)c(NC2CCOCC2)c1CNC(=O)CC(=O)NCc1cccc(-c2cccc(CN3CCOCC3)c2)c1. The van der Waals surface area contributed by atoms with Crippen LogP contribution in [0.4, 0.5) is 11.4 Å². The first-order valence-corrected chi connectivity index (χ1v) is 34.4.